The van der Waals surface area contributed by atoms with E-state index < -0.39 is 11.2 Å². The van der Waals surface area contributed by atoms with Crippen LogP contribution in [0.5, 0.6) is 0 Å². The number of alkyl halides is 1. The molecule has 3 N–H and O–H groups in total. The summed E-state index contributed by atoms with van der Waals surface area (Å²) in [6.45, 7) is 2.33. The van der Waals surface area contributed by atoms with E-state index in [9.17, 15) is 5.11 Å². The average Bonchev–Trinajstić information content (AvgIpc) is 2.63. The van der Waals surface area contributed by atoms with Crippen LogP contribution >= 0.6 is 11.6 Å². The lowest BCUT2D eigenvalue weighted by atomic mass is 9.91. The van der Waals surface area contributed by atoms with Crippen LogP contribution in [0, 0.1) is 0 Å². The Labute approximate surface area is 173 Å². The van der Waals surface area contributed by atoms with Gasteiger partial charge in [-0.1, -0.05) is 103 Å². The topological polar surface area (TPSA) is 60.7 Å². The molecule has 0 aromatic heterocycles. The van der Waals surface area contributed by atoms with Crippen LogP contribution < -0.4 is 0 Å². The predicted molar refractivity (Wildman–Crippen MR) is 117 cm³/mol. The highest BCUT2D eigenvalue weighted by molar-refractivity contribution is 6.23. The highest BCUT2D eigenvalue weighted by Crippen LogP contribution is 2.32. The number of aliphatic hydroxyl groups is 3. The number of hydrogen-bond donors (Lipinski definition) is 3. The first-order valence-corrected chi connectivity index (χ1v) is 12.1. The van der Waals surface area contributed by atoms with Crippen LogP contribution in [-0.4, -0.2) is 33.1 Å². The second-order valence-corrected chi connectivity index (χ2v) is 9.15. The van der Waals surface area contributed by atoms with E-state index >= 15 is 0 Å². The van der Waals surface area contributed by atoms with Crippen molar-refractivity contribution in [3.63, 3.8) is 0 Å². The van der Waals surface area contributed by atoms with Gasteiger partial charge in [0.1, 0.15) is 0 Å². The maximum absolute atomic E-state index is 9.18. The molecule has 1 unspecified atom stereocenters. The number of rotatable bonds is 21. The Morgan fingerprint density at radius 3 is 1.41 bits per heavy atom. The Hall–Kier alpha value is 0.170. The first-order chi connectivity index (χ1) is 13.0. The Morgan fingerprint density at radius 2 is 1.04 bits per heavy atom. The van der Waals surface area contributed by atoms with Crippen molar-refractivity contribution in [2.45, 2.75) is 140 Å². The largest absolute Gasteiger partial charge is 0.396 e. The smallest absolute Gasteiger partial charge is 0.151 e. The summed E-state index contributed by atoms with van der Waals surface area (Å²) in [5.41, 5.74) is 0. The van der Waals surface area contributed by atoms with E-state index in [0.29, 0.717) is 12.8 Å². The molecule has 0 fully saturated rings. The van der Waals surface area contributed by atoms with Gasteiger partial charge >= 0.3 is 0 Å². The van der Waals surface area contributed by atoms with Gasteiger partial charge in [-0.3, -0.25) is 0 Å². The molecule has 0 aliphatic heterocycles. The van der Waals surface area contributed by atoms with Crippen molar-refractivity contribution in [1.29, 1.82) is 0 Å². The molecule has 164 valence electrons. The minimum Gasteiger partial charge on any atom is -0.396 e. The van der Waals surface area contributed by atoms with E-state index in [1.165, 1.54) is 89.9 Å². The van der Waals surface area contributed by atoms with Gasteiger partial charge in [0.2, 0.25) is 0 Å². The molecule has 0 spiro atoms. The van der Waals surface area contributed by atoms with Crippen LogP contribution in [0.2, 0.25) is 0 Å². The standard InChI is InChI=1S/C23H47ClO3/c1-2-3-4-5-6-7-8-9-10-11-12-13-14-15-16-18-23(24,20-21-25)19-17-22(26)27/h22,25-27H,2-21H2,1H3. The van der Waals surface area contributed by atoms with Gasteiger partial charge in [0.15, 0.2) is 6.29 Å². The Morgan fingerprint density at radius 1 is 0.630 bits per heavy atom. The number of hydrogen-bond acceptors (Lipinski definition) is 3. The molecule has 0 amide bonds. The first-order valence-electron chi connectivity index (χ1n) is 11.7. The van der Waals surface area contributed by atoms with Gasteiger partial charge in [0.25, 0.3) is 0 Å². The summed E-state index contributed by atoms with van der Waals surface area (Å²) in [7, 11) is 0. The predicted octanol–water partition coefficient (Wildman–Crippen LogP) is 6.70. The fraction of sp³-hybridized carbons (Fsp3) is 1.00. The van der Waals surface area contributed by atoms with Crippen LogP contribution in [0.4, 0.5) is 0 Å². The minimum atomic E-state index is -1.30. The summed E-state index contributed by atoms with van der Waals surface area (Å²) in [5, 5.41) is 27.2. The zero-order valence-corrected chi connectivity index (χ0v) is 18.7. The molecule has 27 heavy (non-hydrogen) atoms. The highest BCUT2D eigenvalue weighted by Gasteiger charge is 2.26. The summed E-state index contributed by atoms with van der Waals surface area (Å²) in [4.78, 5) is -0.477. The summed E-state index contributed by atoms with van der Waals surface area (Å²) in [5.74, 6) is 0. The number of aliphatic hydroxyl groups excluding tert-OH is 2. The molecule has 0 aliphatic rings. The van der Waals surface area contributed by atoms with E-state index in [1.54, 1.807) is 0 Å². The summed E-state index contributed by atoms with van der Waals surface area (Å²) >= 11 is 6.56. The van der Waals surface area contributed by atoms with Crippen molar-refractivity contribution in [1.82, 2.24) is 0 Å². The van der Waals surface area contributed by atoms with Crippen LogP contribution in [0.15, 0.2) is 0 Å². The summed E-state index contributed by atoms with van der Waals surface area (Å²) < 4.78 is 0. The quantitative estimate of drug-likeness (QED) is 0.113. The van der Waals surface area contributed by atoms with Crippen LogP contribution in [-0.2, 0) is 0 Å². The van der Waals surface area contributed by atoms with Crippen molar-refractivity contribution in [3.8, 4) is 0 Å². The van der Waals surface area contributed by atoms with E-state index in [1.807, 2.05) is 0 Å². The van der Waals surface area contributed by atoms with Gasteiger partial charge in [-0.15, -0.1) is 11.6 Å². The molecular weight excluding hydrogens is 360 g/mol. The highest BCUT2D eigenvalue weighted by atomic mass is 35.5. The SMILES string of the molecule is CCCCCCCCCCCCCCCCCC(Cl)(CCO)CCC(O)O. The molecule has 0 rings (SSSR count). The third-order valence-electron chi connectivity index (χ3n) is 5.64. The minimum absolute atomic E-state index is 0.0593. The summed E-state index contributed by atoms with van der Waals surface area (Å²) in [6, 6.07) is 0. The zero-order chi connectivity index (χ0) is 20.2. The average molecular weight is 407 g/mol. The molecular formula is C23H47ClO3. The van der Waals surface area contributed by atoms with E-state index in [2.05, 4.69) is 6.92 Å². The third kappa shape index (κ3) is 19.3. The normalized spacial score (nSPS) is 14.0. The van der Waals surface area contributed by atoms with E-state index in [-0.39, 0.29) is 13.0 Å². The third-order valence-corrected chi connectivity index (χ3v) is 6.21. The lowest BCUT2D eigenvalue weighted by molar-refractivity contribution is -0.0487. The Bertz CT molecular complexity index is 299. The molecule has 0 aromatic rings. The lowest BCUT2D eigenvalue weighted by Crippen LogP contribution is -2.25. The zero-order valence-electron chi connectivity index (χ0n) is 17.9. The maximum atomic E-state index is 9.18. The second kappa shape index (κ2) is 19.5. The van der Waals surface area contributed by atoms with Crippen molar-refractivity contribution in [2.75, 3.05) is 6.61 Å². The van der Waals surface area contributed by atoms with Crippen LogP contribution in [0.1, 0.15) is 129 Å². The molecule has 3 nitrogen and oxygen atoms in total. The fourth-order valence-electron chi connectivity index (χ4n) is 3.78. The molecule has 1 atom stereocenters. The van der Waals surface area contributed by atoms with Gasteiger partial charge in [-0.25, -0.2) is 0 Å². The van der Waals surface area contributed by atoms with Crippen molar-refractivity contribution >= 4 is 11.6 Å². The monoisotopic (exact) mass is 406 g/mol. The first kappa shape index (κ1) is 27.2. The number of halogens is 1. The lowest BCUT2D eigenvalue weighted by Gasteiger charge is -2.26. The fourth-order valence-corrected chi connectivity index (χ4v) is 4.10. The van der Waals surface area contributed by atoms with E-state index in [4.69, 9.17) is 21.8 Å². The van der Waals surface area contributed by atoms with Crippen LogP contribution in [0.25, 0.3) is 0 Å². The summed E-state index contributed by atoms with van der Waals surface area (Å²) in [6.07, 6.45) is 21.1. The molecule has 0 saturated heterocycles. The molecule has 0 radical (unpaired) electrons. The Kier molecular flexibility index (Phi) is 19.6. The molecule has 4 heteroatoms. The number of unbranched alkanes of at least 4 members (excludes halogenated alkanes) is 14. The van der Waals surface area contributed by atoms with Crippen molar-refractivity contribution in [2.24, 2.45) is 0 Å². The van der Waals surface area contributed by atoms with Gasteiger partial charge in [0, 0.05) is 11.5 Å². The van der Waals surface area contributed by atoms with Gasteiger partial charge in [0.05, 0.1) is 0 Å². The van der Waals surface area contributed by atoms with Crippen molar-refractivity contribution in [3.05, 3.63) is 0 Å². The van der Waals surface area contributed by atoms with E-state index in [0.717, 1.165) is 12.8 Å². The Balaban J connectivity index is 3.42. The molecule has 0 saturated carbocycles. The second-order valence-electron chi connectivity index (χ2n) is 8.34. The van der Waals surface area contributed by atoms with Gasteiger partial charge < -0.3 is 15.3 Å². The molecule has 0 aliphatic carbocycles. The van der Waals surface area contributed by atoms with Gasteiger partial charge in [-0.05, 0) is 25.7 Å². The van der Waals surface area contributed by atoms with Gasteiger partial charge in [-0.2, -0.15) is 0 Å². The molecule has 0 aromatic carbocycles. The van der Waals surface area contributed by atoms with Crippen molar-refractivity contribution < 1.29 is 15.3 Å². The molecule has 0 heterocycles. The molecule has 0 bridgehead atoms. The maximum Gasteiger partial charge on any atom is 0.151 e. The van der Waals surface area contributed by atoms with Crippen LogP contribution in [0.3, 0.4) is 0 Å².